The van der Waals surface area contributed by atoms with E-state index in [1.165, 1.54) is 19.4 Å². The fourth-order valence-corrected chi connectivity index (χ4v) is 1.39. The van der Waals surface area contributed by atoms with E-state index in [-0.39, 0.29) is 25.3 Å². The van der Waals surface area contributed by atoms with Crippen LogP contribution in [-0.4, -0.2) is 49.2 Å². The first kappa shape index (κ1) is 15.7. The SMILES string of the molecule is COCCC(NC(=O)CNC(=O)c1ccco1)C(=O)O. The first-order valence-electron chi connectivity index (χ1n) is 5.87. The summed E-state index contributed by atoms with van der Waals surface area (Å²) in [6.45, 7) is -0.133. The van der Waals surface area contributed by atoms with Crippen molar-refractivity contribution in [1.82, 2.24) is 10.6 Å². The molecule has 0 saturated heterocycles. The summed E-state index contributed by atoms with van der Waals surface area (Å²) in [5, 5.41) is 13.5. The van der Waals surface area contributed by atoms with Gasteiger partial charge in [0.25, 0.3) is 5.91 Å². The standard InChI is InChI=1S/C12H16N2O6/c1-19-6-4-8(12(17)18)14-10(15)7-13-11(16)9-3-2-5-20-9/h2-3,5,8H,4,6-7H2,1H3,(H,13,16)(H,14,15)(H,17,18). The molecule has 1 atom stereocenters. The van der Waals surface area contributed by atoms with Crippen molar-refractivity contribution in [2.24, 2.45) is 0 Å². The molecule has 20 heavy (non-hydrogen) atoms. The molecule has 3 N–H and O–H groups in total. The molecular weight excluding hydrogens is 268 g/mol. The van der Waals surface area contributed by atoms with E-state index >= 15 is 0 Å². The van der Waals surface area contributed by atoms with Crippen LogP contribution in [0, 0.1) is 0 Å². The molecule has 0 bridgehead atoms. The van der Waals surface area contributed by atoms with E-state index in [9.17, 15) is 14.4 Å². The Bertz CT molecular complexity index is 457. The van der Waals surface area contributed by atoms with Crippen molar-refractivity contribution in [3.8, 4) is 0 Å². The molecule has 0 radical (unpaired) electrons. The van der Waals surface area contributed by atoms with E-state index < -0.39 is 23.8 Å². The van der Waals surface area contributed by atoms with Gasteiger partial charge in [-0.05, 0) is 12.1 Å². The minimum absolute atomic E-state index is 0.0759. The molecule has 2 amide bonds. The first-order chi connectivity index (χ1) is 9.54. The Morgan fingerprint density at radius 3 is 2.75 bits per heavy atom. The number of hydrogen-bond donors (Lipinski definition) is 3. The van der Waals surface area contributed by atoms with Crippen LogP contribution in [0.15, 0.2) is 22.8 Å². The number of carboxylic acids is 1. The summed E-state index contributed by atoms with van der Waals surface area (Å²) < 4.78 is 9.60. The summed E-state index contributed by atoms with van der Waals surface area (Å²) in [6, 6.07) is 1.94. The monoisotopic (exact) mass is 284 g/mol. The number of hydrogen-bond acceptors (Lipinski definition) is 5. The van der Waals surface area contributed by atoms with Crippen LogP contribution in [0.3, 0.4) is 0 Å². The van der Waals surface area contributed by atoms with Gasteiger partial charge in [0.2, 0.25) is 5.91 Å². The number of ether oxygens (including phenoxy) is 1. The molecule has 1 aromatic rings. The predicted molar refractivity (Wildman–Crippen MR) is 67.1 cm³/mol. The molecular formula is C12H16N2O6. The maximum atomic E-state index is 11.5. The van der Waals surface area contributed by atoms with Gasteiger partial charge in [0.15, 0.2) is 5.76 Å². The van der Waals surface area contributed by atoms with Crippen LogP contribution in [0.1, 0.15) is 17.0 Å². The second kappa shape index (κ2) is 7.95. The molecule has 0 aliphatic carbocycles. The number of carbonyl (C=O) groups is 3. The molecule has 1 heterocycles. The van der Waals surface area contributed by atoms with Gasteiger partial charge >= 0.3 is 5.97 Å². The molecule has 1 rings (SSSR count). The largest absolute Gasteiger partial charge is 0.480 e. The Kier molecular flexibility index (Phi) is 6.24. The normalized spacial score (nSPS) is 11.7. The van der Waals surface area contributed by atoms with E-state index in [1.54, 1.807) is 6.07 Å². The summed E-state index contributed by atoms with van der Waals surface area (Å²) in [7, 11) is 1.43. The van der Waals surface area contributed by atoms with Crippen LogP contribution in [0.25, 0.3) is 0 Å². The zero-order chi connectivity index (χ0) is 15.0. The van der Waals surface area contributed by atoms with Crippen molar-refractivity contribution in [3.05, 3.63) is 24.2 Å². The fraction of sp³-hybridized carbons (Fsp3) is 0.417. The predicted octanol–water partition coefficient (Wildman–Crippen LogP) is -0.385. The molecule has 8 heteroatoms. The maximum Gasteiger partial charge on any atom is 0.326 e. The van der Waals surface area contributed by atoms with Crippen molar-refractivity contribution in [2.75, 3.05) is 20.3 Å². The van der Waals surface area contributed by atoms with Crippen LogP contribution in [0.2, 0.25) is 0 Å². The molecule has 8 nitrogen and oxygen atoms in total. The lowest BCUT2D eigenvalue weighted by Crippen LogP contribution is -2.46. The quantitative estimate of drug-likeness (QED) is 0.598. The van der Waals surface area contributed by atoms with E-state index in [2.05, 4.69) is 10.6 Å². The number of aliphatic carboxylic acids is 1. The fourth-order valence-electron chi connectivity index (χ4n) is 1.39. The summed E-state index contributed by atoms with van der Waals surface area (Å²) in [6.07, 6.45) is 1.48. The van der Waals surface area contributed by atoms with Gasteiger partial charge in [-0.15, -0.1) is 0 Å². The summed E-state index contributed by atoms with van der Waals surface area (Å²) in [4.78, 5) is 33.9. The molecule has 0 saturated carbocycles. The van der Waals surface area contributed by atoms with Crippen LogP contribution in [0.4, 0.5) is 0 Å². The van der Waals surface area contributed by atoms with Crippen molar-refractivity contribution in [1.29, 1.82) is 0 Å². The zero-order valence-corrected chi connectivity index (χ0v) is 10.9. The van der Waals surface area contributed by atoms with Gasteiger partial charge in [-0.2, -0.15) is 0 Å². The van der Waals surface area contributed by atoms with Gasteiger partial charge in [0, 0.05) is 20.1 Å². The number of carboxylic acid groups (broad SMARTS) is 1. The second-order valence-corrected chi connectivity index (χ2v) is 3.90. The smallest absolute Gasteiger partial charge is 0.326 e. The molecule has 1 aromatic heterocycles. The van der Waals surface area contributed by atoms with Gasteiger partial charge in [0.1, 0.15) is 6.04 Å². The average molecular weight is 284 g/mol. The third kappa shape index (κ3) is 5.11. The van der Waals surface area contributed by atoms with Crippen molar-refractivity contribution >= 4 is 17.8 Å². The summed E-state index contributed by atoms with van der Waals surface area (Å²) >= 11 is 0. The number of methoxy groups -OCH3 is 1. The van der Waals surface area contributed by atoms with Crippen LogP contribution in [-0.2, 0) is 14.3 Å². The summed E-state index contributed by atoms with van der Waals surface area (Å²) in [5.41, 5.74) is 0. The zero-order valence-electron chi connectivity index (χ0n) is 10.9. The van der Waals surface area contributed by atoms with Crippen molar-refractivity contribution in [2.45, 2.75) is 12.5 Å². The molecule has 0 fully saturated rings. The molecule has 0 spiro atoms. The van der Waals surface area contributed by atoms with Crippen LogP contribution >= 0.6 is 0 Å². The van der Waals surface area contributed by atoms with Crippen LogP contribution < -0.4 is 10.6 Å². The van der Waals surface area contributed by atoms with Gasteiger partial charge in [-0.3, -0.25) is 9.59 Å². The van der Waals surface area contributed by atoms with E-state index in [0.29, 0.717) is 0 Å². The third-order valence-electron chi connectivity index (χ3n) is 2.40. The lowest BCUT2D eigenvalue weighted by molar-refractivity contribution is -0.142. The number of nitrogens with one attached hydrogen (secondary N) is 2. The minimum Gasteiger partial charge on any atom is -0.480 e. The Morgan fingerprint density at radius 1 is 1.45 bits per heavy atom. The van der Waals surface area contributed by atoms with Crippen molar-refractivity contribution < 1.29 is 28.6 Å². The highest BCUT2D eigenvalue weighted by molar-refractivity contribution is 5.94. The number of carbonyl (C=O) groups excluding carboxylic acids is 2. The first-order valence-corrected chi connectivity index (χ1v) is 5.87. The van der Waals surface area contributed by atoms with Gasteiger partial charge in [-0.1, -0.05) is 0 Å². The molecule has 0 aliphatic rings. The summed E-state index contributed by atoms with van der Waals surface area (Å²) in [5.74, 6) is -2.23. The maximum absolute atomic E-state index is 11.5. The van der Waals surface area contributed by atoms with E-state index in [4.69, 9.17) is 14.3 Å². The number of rotatable bonds is 8. The second-order valence-electron chi connectivity index (χ2n) is 3.90. The van der Waals surface area contributed by atoms with Crippen molar-refractivity contribution in [3.63, 3.8) is 0 Å². The highest BCUT2D eigenvalue weighted by Crippen LogP contribution is 1.98. The van der Waals surface area contributed by atoms with Crippen LogP contribution in [0.5, 0.6) is 0 Å². The van der Waals surface area contributed by atoms with Gasteiger partial charge in [-0.25, -0.2) is 4.79 Å². The Hall–Kier alpha value is -2.35. The minimum atomic E-state index is -1.16. The lowest BCUT2D eigenvalue weighted by Gasteiger charge is -2.14. The molecule has 0 aliphatic heterocycles. The molecule has 1 unspecified atom stereocenters. The Balaban J connectivity index is 2.38. The lowest BCUT2D eigenvalue weighted by atomic mass is 10.2. The van der Waals surface area contributed by atoms with Gasteiger partial charge in [0.05, 0.1) is 12.8 Å². The Labute approximate surface area is 115 Å². The molecule has 0 aromatic carbocycles. The average Bonchev–Trinajstić information content (AvgIpc) is 2.94. The highest BCUT2D eigenvalue weighted by Gasteiger charge is 2.20. The number of furan rings is 1. The highest BCUT2D eigenvalue weighted by atomic mass is 16.5. The topological polar surface area (TPSA) is 118 Å². The third-order valence-corrected chi connectivity index (χ3v) is 2.40. The van der Waals surface area contributed by atoms with E-state index in [1.807, 2.05) is 0 Å². The van der Waals surface area contributed by atoms with Gasteiger partial charge < -0.3 is 24.9 Å². The molecule has 110 valence electrons. The van der Waals surface area contributed by atoms with E-state index in [0.717, 1.165) is 0 Å². The Morgan fingerprint density at radius 2 is 2.20 bits per heavy atom. The number of amides is 2.